The molecule has 1 aliphatic heterocycles. The average molecular weight is 426 g/mol. The van der Waals surface area contributed by atoms with Gasteiger partial charge in [0.25, 0.3) is 0 Å². The minimum Gasteiger partial charge on any atom is -0.369 e. The van der Waals surface area contributed by atoms with Crippen LogP contribution in [-0.2, 0) is 0 Å². The summed E-state index contributed by atoms with van der Waals surface area (Å²) in [4.78, 5) is 4.73. The monoisotopic (exact) mass is 425 g/mol. The van der Waals surface area contributed by atoms with E-state index in [0.717, 1.165) is 48.3 Å². The van der Waals surface area contributed by atoms with Gasteiger partial charge in [-0.2, -0.15) is 10.4 Å². The van der Waals surface area contributed by atoms with E-state index in [1.54, 1.807) is 18.3 Å². The Balaban J connectivity index is 1.57. The van der Waals surface area contributed by atoms with Gasteiger partial charge in [-0.3, -0.25) is 0 Å². The average Bonchev–Trinajstić information content (AvgIpc) is 3.22. The highest BCUT2D eigenvalue weighted by Gasteiger charge is 2.17. The lowest BCUT2D eigenvalue weighted by Crippen LogP contribution is -2.44. The van der Waals surface area contributed by atoms with Gasteiger partial charge in [-0.15, -0.1) is 0 Å². The predicted octanol–water partition coefficient (Wildman–Crippen LogP) is 4.76. The summed E-state index contributed by atoms with van der Waals surface area (Å²) in [5.74, 6) is -0.330. The van der Waals surface area contributed by atoms with E-state index in [9.17, 15) is 9.65 Å². The molecule has 0 bridgehead atoms. The van der Waals surface area contributed by atoms with Crippen molar-refractivity contribution in [2.75, 3.05) is 38.1 Å². The maximum absolute atomic E-state index is 14.7. The Kier molecular flexibility index (Phi) is 5.12. The summed E-state index contributed by atoms with van der Waals surface area (Å²) in [5, 5.41) is 15.1. The molecule has 5 rings (SSSR count). The van der Waals surface area contributed by atoms with Gasteiger partial charge in [0.1, 0.15) is 5.82 Å². The molecule has 0 saturated carbocycles. The Labute approximate surface area is 186 Å². The molecule has 160 valence electrons. The molecular weight excluding hydrogens is 401 g/mol. The van der Waals surface area contributed by atoms with Crippen LogP contribution in [0, 0.1) is 24.1 Å². The quantitative estimate of drug-likeness (QED) is 0.475. The summed E-state index contributed by atoms with van der Waals surface area (Å²) >= 11 is 0. The van der Waals surface area contributed by atoms with Crippen LogP contribution in [0.3, 0.4) is 0 Å². The van der Waals surface area contributed by atoms with Crippen molar-refractivity contribution in [3.05, 3.63) is 77.7 Å². The van der Waals surface area contributed by atoms with E-state index in [1.807, 2.05) is 23.7 Å². The number of aryl methyl sites for hydroxylation is 1. The minimum absolute atomic E-state index is 0.330. The number of hydrogen-bond acceptors (Lipinski definition) is 4. The predicted molar refractivity (Wildman–Crippen MR) is 126 cm³/mol. The van der Waals surface area contributed by atoms with Gasteiger partial charge < -0.3 is 9.80 Å². The number of fused-ring (bicyclic) bond motifs is 1. The van der Waals surface area contributed by atoms with E-state index in [1.165, 1.54) is 11.8 Å². The number of halogens is 1. The molecule has 32 heavy (non-hydrogen) atoms. The fourth-order valence-corrected chi connectivity index (χ4v) is 4.42. The van der Waals surface area contributed by atoms with E-state index in [4.69, 9.17) is 0 Å². The summed E-state index contributed by atoms with van der Waals surface area (Å²) in [6, 6.07) is 19.2. The van der Waals surface area contributed by atoms with Crippen molar-refractivity contribution in [3.8, 4) is 22.9 Å². The molecule has 0 atom stereocenters. The highest BCUT2D eigenvalue weighted by atomic mass is 19.1. The molecule has 1 saturated heterocycles. The maximum atomic E-state index is 14.7. The smallest absolute Gasteiger partial charge is 0.131 e. The van der Waals surface area contributed by atoms with Crippen molar-refractivity contribution in [2.45, 2.75) is 6.92 Å². The van der Waals surface area contributed by atoms with E-state index in [0.29, 0.717) is 16.7 Å². The third kappa shape index (κ3) is 3.51. The lowest BCUT2D eigenvalue weighted by Gasteiger charge is -2.34. The van der Waals surface area contributed by atoms with Crippen LogP contribution < -0.4 is 4.90 Å². The lowest BCUT2D eigenvalue weighted by molar-refractivity contribution is 0.313. The van der Waals surface area contributed by atoms with Crippen LogP contribution in [0.15, 0.2) is 60.8 Å². The summed E-state index contributed by atoms with van der Waals surface area (Å²) in [6.07, 6.45) is 1.75. The first kappa shape index (κ1) is 20.2. The zero-order chi connectivity index (χ0) is 22.2. The third-order valence-corrected chi connectivity index (χ3v) is 6.28. The van der Waals surface area contributed by atoms with Crippen LogP contribution in [0.5, 0.6) is 0 Å². The highest BCUT2D eigenvalue weighted by molar-refractivity contribution is 5.89. The first-order chi connectivity index (χ1) is 15.5. The summed E-state index contributed by atoms with van der Waals surface area (Å²) in [6.45, 7) is 6.01. The van der Waals surface area contributed by atoms with Crippen molar-refractivity contribution in [3.63, 3.8) is 0 Å². The molecule has 0 aliphatic carbocycles. The summed E-state index contributed by atoms with van der Waals surface area (Å²) < 4.78 is 16.6. The number of piperazine rings is 1. The van der Waals surface area contributed by atoms with Gasteiger partial charge in [-0.1, -0.05) is 12.1 Å². The SMILES string of the molecule is Cc1cccc(F)c1-c1cc2c(cnn2-c2ccc(N3CCN(C)CC3)cc2)cc1C#N. The molecule has 0 spiro atoms. The molecule has 3 aromatic carbocycles. The fourth-order valence-electron chi connectivity index (χ4n) is 4.42. The van der Waals surface area contributed by atoms with Crippen molar-refractivity contribution >= 4 is 16.6 Å². The van der Waals surface area contributed by atoms with Crippen molar-refractivity contribution in [1.29, 1.82) is 5.26 Å². The summed E-state index contributed by atoms with van der Waals surface area (Å²) in [7, 11) is 2.15. The number of benzene rings is 3. The zero-order valence-corrected chi connectivity index (χ0v) is 18.2. The van der Waals surface area contributed by atoms with Gasteiger partial charge in [-0.05, 0) is 62.0 Å². The van der Waals surface area contributed by atoms with E-state index in [-0.39, 0.29) is 5.82 Å². The van der Waals surface area contributed by atoms with Gasteiger partial charge in [0, 0.05) is 48.4 Å². The molecule has 5 nitrogen and oxygen atoms in total. The van der Waals surface area contributed by atoms with Crippen LogP contribution >= 0.6 is 0 Å². The molecule has 1 fully saturated rings. The number of aromatic nitrogens is 2. The molecular formula is C26H24FN5. The molecule has 1 aromatic heterocycles. The zero-order valence-electron chi connectivity index (χ0n) is 18.2. The normalized spacial score (nSPS) is 14.6. The second kappa shape index (κ2) is 8.10. The molecule has 0 radical (unpaired) electrons. The Bertz CT molecular complexity index is 1300. The van der Waals surface area contributed by atoms with Gasteiger partial charge in [0.15, 0.2) is 0 Å². The molecule has 4 aromatic rings. The van der Waals surface area contributed by atoms with Gasteiger partial charge in [0.05, 0.1) is 29.0 Å². The van der Waals surface area contributed by atoms with Crippen molar-refractivity contribution < 1.29 is 4.39 Å². The summed E-state index contributed by atoms with van der Waals surface area (Å²) in [5.41, 5.74) is 5.26. The number of hydrogen-bond donors (Lipinski definition) is 0. The van der Waals surface area contributed by atoms with Crippen molar-refractivity contribution in [2.24, 2.45) is 0 Å². The standard InChI is InChI=1S/C26H24FN5/c1-18-4-3-5-24(27)26(18)23-15-25-20(14-19(23)16-28)17-29-32(25)22-8-6-21(7-9-22)31-12-10-30(2)11-13-31/h3-9,14-15,17H,10-13H2,1-2H3. The fraction of sp³-hybridized carbons (Fsp3) is 0.231. The number of nitrogens with zero attached hydrogens (tertiary/aromatic N) is 5. The number of likely N-dealkylation sites (N-methyl/N-ethyl adjacent to an activating group) is 1. The van der Waals surface area contributed by atoms with E-state index < -0.39 is 0 Å². The van der Waals surface area contributed by atoms with Crippen LogP contribution in [0.25, 0.3) is 27.7 Å². The largest absolute Gasteiger partial charge is 0.369 e. The molecule has 6 heteroatoms. The Morgan fingerprint density at radius 3 is 2.38 bits per heavy atom. The first-order valence-electron chi connectivity index (χ1n) is 10.8. The highest BCUT2D eigenvalue weighted by Crippen LogP contribution is 2.33. The number of anilines is 1. The van der Waals surface area contributed by atoms with Crippen LogP contribution in [0.4, 0.5) is 10.1 Å². The first-order valence-corrected chi connectivity index (χ1v) is 10.8. The molecule has 0 unspecified atom stereocenters. The number of nitriles is 1. The van der Waals surface area contributed by atoms with Crippen LogP contribution in [-0.4, -0.2) is 47.9 Å². The van der Waals surface area contributed by atoms with Crippen molar-refractivity contribution in [1.82, 2.24) is 14.7 Å². The maximum Gasteiger partial charge on any atom is 0.131 e. The molecule has 1 aliphatic rings. The minimum atomic E-state index is -0.330. The van der Waals surface area contributed by atoms with Crippen LogP contribution in [0.2, 0.25) is 0 Å². The Morgan fingerprint density at radius 2 is 1.69 bits per heavy atom. The van der Waals surface area contributed by atoms with E-state index in [2.05, 4.69) is 52.3 Å². The Morgan fingerprint density at radius 1 is 0.969 bits per heavy atom. The topological polar surface area (TPSA) is 48.1 Å². The van der Waals surface area contributed by atoms with E-state index >= 15 is 0 Å². The number of rotatable bonds is 3. The third-order valence-electron chi connectivity index (χ3n) is 6.28. The molecule has 2 heterocycles. The van der Waals surface area contributed by atoms with Gasteiger partial charge in [-0.25, -0.2) is 9.07 Å². The second-order valence-electron chi connectivity index (χ2n) is 8.36. The molecule has 0 amide bonds. The van der Waals surface area contributed by atoms with Gasteiger partial charge in [0.2, 0.25) is 0 Å². The van der Waals surface area contributed by atoms with Gasteiger partial charge >= 0.3 is 0 Å². The second-order valence-corrected chi connectivity index (χ2v) is 8.36. The Hall–Kier alpha value is -3.69. The van der Waals surface area contributed by atoms with Crippen LogP contribution in [0.1, 0.15) is 11.1 Å². The molecule has 0 N–H and O–H groups in total. The lowest BCUT2D eigenvalue weighted by atomic mass is 9.95.